The van der Waals surface area contributed by atoms with E-state index in [1.165, 1.54) is 16.2 Å². The Labute approximate surface area is 474 Å². The Bertz CT molecular complexity index is 3040. The van der Waals surface area contributed by atoms with E-state index in [2.05, 4.69) is 35.7 Å². The minimum absolute atomic E-state index is 0.00484. The SMILES string of the molecule is Cc1ncsc1-c1ccc(CNC(=O)[C@@H]2C[C@@H](O)CN2C(=O)[C@@H](NC(=O)CCOCCOCCOCCN2CCN(c3ccc(-c4ccc5c(c4)C(=O)N(C(C(=O)Nc4nccs4)c4ccccc4)C5)cn3)CC2)C(C)(C)C)cc1. The number of benzene rings is 3. The monoisotopic (exact) mass is 1130 g/mol. The van der Waals surface area contributed by atoms with E-state index >= 15 is 0 Å². The molecule has 6 heterocycles. The first-order valence-corrected chi connectivity index (χ1v) is 28.9. The summed E-state index contributed by atoms with van der Waals surface area (Å²) in [4.78, 5) is 90.3. The molecule has 4 atom stereocenters. The Hall–Kier alpha value is -6.98. The van der Waals surface area contributed by atoms with Gasteiger partial charge in [0.2, 0.25) is 17.7 Å². The number of aliphatic hydroxyl groups excluding tert-OH is 1. The number of likely N-dealkylation sites (tertiary alicyclic amines) is 1. The standard InChI is InChI=1S/C59H70N10O9S2/c1-39-52(80-38-63-39)42-12-10-40(11-13-42)34-62-54(72)48-33-46(70)37-68(48)57(75)53(59(2,3)4)64-50(71)18-25-76-27-29-78-30-28-77-26-24-66-20-22-67(23-21-66)49-17-16-44(35-61-49)43-14-15-45-36-69(56(74)47(45)32-43)51(41-8-6-5-7-9-41)55(73)65-58-60-19-31-79-58/h5-17,19,31-32,35,38,46,48,51,53,70H,18,20-30,33-34,36-37H2,1-4H3,(H,62,72)(H,64,71)(H,60,65,73)/t46-,48+,51?,53-/m1/s1. The molecule has 3 aliphatic heterocycles. The number of β-amino-alcohol motifs (C(OH)–C–C–N with tert-alkyl or cyclic N) is 1. The molecule has 2 fully saturated rings. The summed E-state index contributed by atoms with van der Waals surface area (Å²) in [5.74, 6) is -0.758. The van der Waals surface area contributed by atoms with Crippen LogP contribution in [0.25, 0.3) is 21.6 Å². The quantitative estimate of drug-likeness (QED) is 0.0486. The lowest BCUT2D eigenvalue weighted by molar-refractivity contribution is -0.144. The maximum Gasteiger partial charge on any atom is 0.255 e. The zero-order valence-electron chi connectivity index (χ0n) is 45.7. The van der Waals surface area contributed by atoms with Gasteiger partial charge in [-0.2, -0.15) is 0 Å². The van der Waals surface area contributed by atoms with Gasteiger partial charge in [-0.1, -0.05) is 87.5 Å². The number of anilines is 2. The van der Waals surface area contributed by atoms with Crippen molar-refractivity contribution in [2.24, 2.45) is 5.41 Å². The number of ether oxygens (including phenoxy) is 3. The molecule has 0 radical (unpaired) electrons. The van der Waals surface area contributed by atoms with E-state index in [0.29, 0.717) is 43.7 Å². The van der Waals surface area contributed by atoms with Crippen LogP contribution >= 0.6 is 22.7 Å². The van der Waals surface area contributed by atoms with Gasteiger partial charge in [-0.25, -0.2) is 15.0 Å². The number of carbonyl (C=O) groups excluding carboxylic acids is 5. The number of fused-ring (bicyclic) bond motifs is 1. The smallest absolute Gasteiger partial charge is 0.255 e. The highest BCUT2D eigenvalue weighted by Crippen LogP contribution is 2.36. The molecule has 3 aromatic heterocycles. The molecule has 0 spiro atoms. The van der Waals surface area contributed by atoms with Gasteiger partial charge in [0.25, 0.3) is 11.8 Å². The van der Waals surface area contributed by atoms with Crippen LogP contribution in [-0.4, -0.2) is 161 Å². The molecule has 9 rings (SSSR count). The maximum atomic E-state index is 14.0. The molecule has 80 heavy (non-hydrogen) atoms. The molecule has 3 aliphatic rings. The van der Waals surface area contributed by atoms with Gasteiger partial charge in [-0.15, -0.1) is 22.7 Å². The van der Waals surface area contributed by atoms with Crippen molar-refractivity contribution in [3.63, 3.8) is 0 Å². The Kier molecular flexibility index (Phi) is 19.5. The second kappa shape index (κ2) is 27.0. The summed E-state index contributed by atoms with van der Waals surface area (Å²) in [7, 11) is 0. The Morgan fingerprint density at radius 1 is 0.812 bits per heavy atom. The second-order valence-corrected chi connectivity index (χ2v) is 23.0. The maximum absolute atomic E-state index is 14.0. The first kappa shape index (κ1) is 57.7. The Morgan fingerprint density at radius 2 is 1.52 bits per heavy atom. The van der Waals surface area contributed by atoms with Gasteiger partial charge in [0.15, 0.2) is 5.13 Å². The van der Waals surface area contributed by atoms with E-state index in [-0.39, 0.29) is 62.8 Å². The topological polar surface area (TPSA) is 221 Å². The summed E-state index contributed by atoms with van der Waals surface area (Å²) in [6.45, 7) is 14.5. The van der Waals surface area contributed by atoms with Gasteiger partial charge in [-0.05, 0) is 58.4 Å². The lowest BCUT2D eigenvalue weighted by Gasteiger charge is -2.35. The van der Waals surface area contributed by atoms with Crippen LogP contribution in [0.5, 0.6) is 0 Å². The summed E-state index contributed by atoms with van der Waals surface area (Å²) in [5, 5.41) is 21.6. The highest BCUT2D eigenvalue weighted by Gasteiger charge is 2.45. The fourth-order valence-electron chi connectivity index (χ4n) is 10.1. The van der Waals surface area contributed by atoms with Crippen molar-refractivity contribution >= 4 is 63.2 Å². The third-order valence-corrected chi connectivity index (χ3v) is 16.2. The molecule has 6 aromatic rings. The van der Waals surface area contributed by atoms with Crippen LogP contribution in [0.3, 0.4) is 0 Å². The minimum atomic E-state index is -0.929. The number of piperazine rings is 1. The fraction of sp³-hybridized carbons (Fsp3) is 0.424. The number of hydrogen-bond donors (Lipinski definition) is 4. The molecule has 19 nitrogen and oxygen atoms in total. The number of nitrogens with zero attached hydrogens (tertiary/aromatic N) is 7. The Morgan fingerprint density at radius 3 is 2.20 bits per heavy atom. The van der Waals surface area contributed by atoms with Gasteiger partial charge in [0.05, 0.1) is 61.8 Å². The number of carbonyl (C=O) groups is 5. The van der Waals surface area contributed by atoms with Crippen molar-refractivity contribution in [2.75, 3.05) is 89.1 Å². The van der Waals surface area contributed by atoms with Crippen LogP contribution in [0.4, 0.5) is 10.9 Å². The van der Waals surface area contributed by atoms with E-state index in [9.17, 15) is 29.1 Å². The van der Waals surface area contributed by atoms with Gasteiger partial charge < -0.3 is 44.7 Å². The highest BCUT2D eigenvalue weighted by molar-refractivity contribution is 7.14. The number of thiazole rings is 2. The zero-order chi connectivity index (χ0) is 56.2. The normalized spacial score (nSPS) is 17.3. The van der Waals surface area contributed by atoms with Crippen LogP contribution < -0.4 is 20.9 Å². The van der Waals surface area contributed by atoms with E-state index in [1.54, 1.807) is 27.8 Å². The second-order valence-electron chi connectivity index (χ2n) is 21.2. The van der Waals surface area contributed by atoms with Gasteiger partial charge in [0, 0.05) is 94.1 Å². The van der Waals surface area contributed by atoms with Crippen molar-refractivity contribution in [3.8, 4) is 21.6 Å². The summed E-state index contributed by atoms with van der Waals surface area (Å²) < 4.78 is 17.2. The number of aliphatic hydroxyl groups is 1. The number of rotatable bonds is 24. The molecular weight excluding hydrogens is 1060 g/mol. The zero-order valence-corrected chi connectivity index (χ0v) is 47.3. The molecule has 1 unspecified atom stereocenters. The van der Waals surface area contributed by atoms with E-state index in [0.717, 1.165) is 82.5 Å². The number of aryl methyl sites for hydroxylation is 1. The van der Waals surface area contributed by atoms with Gasteiger partial charge in [-0.3, -0.25) is 34.2 Å². The lowest BCUT2D eigenvalue weighted by Crippen LogP contribution is -2.57. The minimum Gasteiger partial charge on any atom is -0.391 e. The number of amides is 5. The third kappa shape index (κ3) is 14.7. The molecule has 0 saturated carbocycles. The van der Waals surface area contributed by atoms with Crippen LogP contribution in [-0.2, 0) is 46.5 Å². The molecule has 3 aromatic carbocycles. The molecule has 0 bridgehead atoms. The van der Waals surface area contributed by atoms with E-state index in [4.69, 9.17) is 19.2 Å². The van der Waals surface area contributed by atoms with Crippen LogP contribution in [0.1, 0.15) is 72.4 Å². The summed E-state index contributed by atoms with van der Waals surface area (Å²) in [6.07, 6.45) is 2.75. The molecule has 422 valence electrons. The van der Waals surface area contributed by atoms with Gasteiger partial charge in [0.1, 0.15) is 23.9 Å². The van der Waals surface area contributed by atoms with E-state index in [1.807, 2.05) is 124 Å². The summed E-state index contributed by atoms with van der Waals surface area (Å²) in [5.41, 5.74) is 7.99. The predicted octanol–water partition coefficient (Wildman–Crippen LogP) is 6.34. The molecule has 4 N–H and O–H groups in total. The van der Waals surface area contributed by atoms with Crippen molar-refractivity contribution in [1.29, 1.82) is 0 Å². The summed E-state index contributed by atoms with van der Waals surface area (Å²) >= 11 is 2.90. The third-order valence-electron chi connectivity index (χ3n) is 14.5. The average Bonchev–Trinajstić information content (AvgIpc) is 4.37. The molecule has 2 saturated heterocycles. The highest BCUT2D eigenvalue weighted by atomic mass is 32.1. The number of hydrogen-bond acceptors (Lipinski definition) is 16. The van der Waals surface area contributed by atoms with Crippen LogP contribution in [0, 0.1) is 12.3 Å². The number of aromatic nitrogens is 3. The van der Waals surface area contributed by atoms with Crippen molar-refractivity contribution in [3.05, 3.63) is 136 Å². The number of nitrogens with one attached hydrogen (secondary N) is 3. The van der Waals surface area contributed by atoms with Crippen molar-refractivity contribution in [2.45, 2.75) is 77.9 Å². The van der Waals surface area contributed by atoms with Crippen molar-refractivity contribution in [1.82, 2.24) is 40.3 Å². The molecular formula is C59H70N10O9S2. The van der Waals surface area contributed by atoms with Gasteiger partial charge >= 0.3 is 0 Å². The summed E-state index contributed by atoms with van der Waals surface area (Å²) in [6, 6.07) is 24.5. The fourth-order valence-corrected chi connectivity index (χ4v) is 11.5. The molecule has 0 aliphatic carbocycles. The first-order chi connectivity index (χ1) is 38.7. The predicted molar refractivity (Wildman–Crippen MR) is 307 cm³/mol. The van der Waals surface area contributed by atoms with Crippen molar-refractivity contribution < 1.29 is 43.3 Å². The van der Waals surface area contributed by atoms with Crippen LogP contribution in [0.15, 0.2) is 108 Å². The Balaban J connectivity index is 0.628. The average molecular weight is 1130 g/mol. The largest absolute Gasteiger partial charge is 0.391 e. The number of pyridine rings is 1. The molecule has 21 heteroatoms. The molecule has 5 amide bonds. The lowest BCUT2D eigenvalue weighted by atomic mass is 9.85. The first-order valence-electron chi connectivity index (χ1n) is 27.1. The van der Waals surface area contributed by atoms with E-state index < -0.39 is 35.6 Å². The van der Waals surface area contributed by atoms with Crippen LogP contribution in [0.2, 0.25) is 0 Å².